The first-order valence-corrected chi connectivity index (χ1v) is 9.71. The monoisotopic (exact) mass is 511 g/mol. The zero-order valence-electron chi connectivity index (χ0n) is 16.8. The summed E-state index contributed by atoms with van der Waals surface area (Å²) in [6, 6.07) is 3.69. The summed E-state index contributed by atoms with van der Waals surface area (Å²) in [5, 5.41) is 3.30. The Morgan fingerprint density at radius 1 is 1.25 bits per heavy atom. The van der Waals surface area contributed by atoms with Crippen LogP contribution in [0.5, 0.6) is 0 Å². The molecule has 0 aromatic heterocycles. The zero-order valence-corrected chi connectivity index (χ0v) is 19.1. The van der Waals surface area contributed by atoms with Crippen molar-refractivity contribution in [1.82, 2.24) is 10.2 Å². The number of likely N-dealkylation sites (tertiary alicyclic amines) is 1. The lowest BCUT2D eigenvalue weighted by atomic mass is 10.1. The lowest BCUT2D eigenvalue weighted by molar-refractivity contribution is 0.00991. The molecule has 1 aliphatic rings. The van der Waals surface area contributed by atoms with Gasteiger partial charge in [0.15, 0.2) is 5.96 Å². The third-order valence-corrected chi connectivity index (χ3v) is 4.58. The van der Waals surface area contributed by atoms with Crippen LogP contribution in [0.4, 0.5) is 8.78 Å². The molecule has 1 aromatic rings. The van der Waals surface area contributed by atoms with E-state index in [0.717, 1.165) is 64.1 Å². The highest BCUT2D eigenvalue weighted by atomic mass is 127. The molecule has 2 rings (SSSR count). The Kier molecular flexibility index (Phi) is 12.6. The Morgan fingerprint density at radius 2 is 2.00 bits per heavy atom. The minimum absolute atomic E-state index is 0. The van der Waals surface area contributed by atoms with Crippen LogP contribution in [-0.2, 0) is 15.9 Å². The van der Waals surface area contributed by atoms with Crippen molar-refractivity contribution in [1.29, 1.82) is 0 Å². The second-order valence-corrected chi connectivity index (χ2v) is 6.62. The van der Waals surface area contributed by atoms with E-state index in [4.69, 9.17) is 9.47 Å². The molecule has 0 amide bonds. The van der Waals surface area contributed by atoms with Crippen molar-refractivity contribution in [2.24, 2.45) is 4.99 Å². The number of halogens is 3. The van der Waals surface area contributed by atoms with Crippen LogP contribution >= 0.6 is 24.0 Å². The molecule has 5 nitrogen and oxygen atoms in total. The Hall–Kier alpha value is -1.00. The molecule has 28 heavy (non-hydrogen) atoms. The molecule has 0 unspecified atom stereocenters. The van der Waals surface area contributed by atoms with Gasteiger partial charge >= 0.3 is 0 Å². The topological polar surface area (TPSA) is 46.1 Å². The Balaban J connectivity index is 0.00000392. The second kappa shape index (κ2) is 14.1. The van der Waals surface area contributed by atoms with E-state index in [9.17, 15) is 8.78 Å². The van der Waals surface area contributed by atoms with Gasteiger partial charge in [0.25, 0.3) is 0 Å². The molecule has 0 saturated carbocycles. The first-order chi connectivity index (χ1) is 13.1. The third kappa shape index (κ3) is 8.57. The smallest absolute Gasteiger partial charge is 0.193 e. The van der Waals surface area contributed by atoms with Crippen molar-refractivity contribution in [2.45, 2.75) is 38.7 Å². The number of ether oxygens (including phenoxy) is 2. The van der Waals surface area contributed by atoms with Crippen molar-refractivity contribution < 1.29 is 18.3 Å². The summed E-state index contributed by atoms with van der Waals surface area (Å²) in [6.45, 7) is 6.48. The number of nitrogens with one attached hydrogen (secondary N) is 1. The maximum absolute atomic E-state index is 13.7. The maximum atomic E-state index is 13.7. The summed E-state index contributed by atoms with van der Waals surface area (Å²) >= 11 is 0. The molecular formula is C20H32F2IN3O2. The molecule has 160 valence electrons. The highest BCUT2D eigenvalue weighted by Gasteiger charge is 2.21. The van der Waals surface area contributed by atoms with Crippen LogP contribution < -0.4 is 5.32 Å². The lowest BCUT2D eigenvalue weighted by Crippen LogP contribution is -2.47. The van der Waals surface area contributed by atoms with Crippen LogP contribution in [-0.4, -0.2) is 63.5 Å². The van der Waals surface area contributed by atoms with Gasteiger partial charge in [-0.1, -0.05) is 6.07 Å². The second-order valence-electron chi connectivity index (χ2n) is 6.62. The number of piperidine rings is 1. The Labute approximate surface area is 183 Å². The van der Waals surface area contributed by atoms with Crippen LogP contribution in [0.15, 0.2) is 23.2 Å². The molecule has 0 atom stereocenters. The number of methoxy groups -OCH3 is 1. The van der Waals surface area contributed by atoms with E-state index < -0.39 is 11.6 Å². The summed E-state index contributed by atoms with van der Waals surface area (Å²) in [5.74, 6) is -0.222. The van der Waals surface area contributed by atoms with Gasteiger partial charge in [0.1, 0.15) is 11.6 Å². The number of hydrogen-bond donors (Lipinski definition) is 1. The van der Waals surface area contributed by atoms with E-state index in [1.807, 2.05) is 6.92 Å². The fraction of sp³-hybridized carbons (Fsp3) is 0.650. The molecule has 0 spiro atoms. The summed E-state index contributed by atoms with van der Waals surface area (Å²) < 4.78 is 37.7. The van der Waals surface area contributed by atoms with Gasteiger partial charge in [-0.25, -0.2) is 8.78 Å². The van der Waals surface area contributed by atoms with Gasteiger partial charge in [-0.15, -0.1) is 24.0 Å². The van der Waals surface area contributed by atoms with Gasteiger partial charge in [-0.3, -0.25) is 4.99 Å². The van der Waals surface area contributed by atoms with Crippen molar-refractivity contribution in [2.75, 3.05) is 46.5 Å². The van der Waals surface area contributed by atoms with Crippen LogP contribution in [0.3, 0.4) is 0 Å². The quantitative estimate of drug-likeness (QED) is 0.238. The predicted octanol–water partition coefficient (Wildman–Crippen LogP) is 3.61. The third-order valence-electron chi connectivity index (χ3n) is 4.58. The summed E-state index contributed by atoms with van der Waals surface area (Å²) in [6.07, 6.45) is 3.57. The summed E-state index contributed by atoms with van der Waals surface area (Å²) in [4.78, 5) is 6.84. The van der Waals surface area contributed by atoms with Crippen LogP contribution in [0.1, 0.15) is 31.7 Å². The minimum Gasteiger partial charge on any atom is -0.385 e. The normalized spacial score (nSPS) is 15.4. The van der Waals surface area contributed by atoms with Gasteiger partial charge < -0.3 is 19.7 Å². The molecule has 1 heterocycles. The predicted molar refractivity (Wildman–Crippen MR) is 118 cm³/mol. The van der Waals surface area contributed by atoms with E-state index in [1.54, 1.807) is 7.11 Å². The lowest BCUT2D eigenvalue weighted by Gasteiger charge is -2.34. The molecule has 1 fully saturated rings. The van der Waals surface area contributed by atoms with Gasteiger partial charge in [0, 0.05) is 52.6 Å². The number of guanidine groups is 1. The highest BCUT2D eigenvalue weighted by molar-refractivity contribution is 14.0. The highest BCUT2D eigenvalue weighted by Crippen LogP contribution is 2.15. The first kappa shape index (κ1) is 25.0. The van der Waals surface area contributed by atoms with Gasteiger partial charge in [0.05, 0.1) is 6.10 Å². The average molecular weight is 511 g/mol. The molecular weight excluding hydrogens is 479 g/mol. The fourth-order valence-electron chi connectivity index (χ4n) is 3.12. The van der Waals surface area contributed by atoms with Crippen molar-refractivity contribution in [3.05, 3.63) is 35.4 Å². The summed E-state index contributed by atoms with van der Waals surface area (Å²) in [5.41, 5.74) is 0.485. The number of aliphatic imine (C=N–C) groups is 1. The van der Waals surface area contributed by atoms with E-state index in [-0.39, 0.29) is 30.1 Å². The molecule has 8 heteroatoms. The molecule has 1 N–H and O–H groups in total. The van der Waals surface area contributed by atoms with E-state index in [1.165, 1.54) is 12.1 Å². The van der Waals surface area contributed by atoms with Gasteiger partial charge in [-0.05, 0) is 44.2 Å². The van der Waals surface area contributed by atoms with E-state index in [0.29, 0.717) is 18.5 Å². The SMILES string of the molecule is CCNC(=NCCc1ccc(F)cc1F)N1CCC(OCCCOC)CC1.I. The zero-order chi connectivity index (χ0) is 19.5. The largest absolute Gasteiger partial charge is 0.385 e. The van der Waals surface area contributed by atoms with E-state index in [2.05, 4.69) is 15.2 Å². The molecule has 1 aromatic carbocycles. The first-order valence-electron chi connectivity index (χ1n) is 9.71. The standard InChI is InChI=1S/C20H31F2N3O2.HI/c1-3-23-20(24-10-7-16-5-6-17(21)15-19(16)22)25-11-8-18(9-12-25)27-14-4-13-26-2;/h5-6,15,18H,3-4,7-14H2,1-2H3,(H,23,24);1H. The van der Waals surface area contributed by atoms with Crippen LogP contribution in [0.2, 0.25) is 0 Å². The van der Waals surface area contributed by atoms with Crippen LogP contribution in [0.25, 0.3) is 0 Å². The molecule has 0 aliphatic carbocycles. The maximum Gasteiger partial charge on any atom is 0.193 e. The number of nitrogens with zero attached hydrogens (tertiary/aromatic N) is 2. The Bertz CT molecular complexity index is 597. The molecule has 1 saturated heterocycles. The number of rotatable bonds is 9. The van der Waals surface area contributed by atoms with Gasteiger partial charge in [0.2, 0.25) is 0 Å². The Morgan fingerprint density at radius 3 is 2.64 bits per heavy atom. The van der Waals surface area contributed by atoms with Crippen molar-refractivity contribution in [3.8, 4) is 0 Å². The van der Waals surface area contributed by atoms with Gasteiger partial charge in [-0.2, -0.15) is 0 Å². The fourth-order valence-corrected chi connectivity index (χ4v) is 3.12. The molecule has 1 aliphatic heterocycles. The van der Waals surface area contributed by atoms with Crippen LogP contribution in [0, 0.1) is 11.6 Å². The summed E-state index contributed by atoms with van der Waals surface area (Å²) in [7, 11) is 1.70. The minimum atomic E-state index is -0.555. The molecule has 0 radical (unpaired) electrons. The van der Waals surface area contributed by atoms with Crippen molar-refractivity contribution >= 4 is 29.9 Å². The molecule has 0 bridgehead atoms. The average Bonchev–Trinajstić information content (AvgIpc) is 2.67. The number of benzene rings is 1. The van der Waals surface area contributed by atoms with E-state index >= 15 is 0 Å². The number of hydrogen-bond acceptors (Lipinski definition) is 3. The van der Waals surface area contributed by atoms with Crippen molar-refractivity contribution in [3.63, 3.8) is 0 Å².